The molecular formula is C10H16O3. The minimum Gasteiger partial charge on any atom is -0.481 e. The molecule has 0 heterocycles. The van der Waals surface area contributed by atoms with Gasteiger partial charge in [0.25, 0.3) is 0 Å². The molecule has 0 radical (unpaired) electrons. The average molecular weight is 184 g/mol. The molecule has 2 unspecified atom stereocenters. The Hall–Kier alpha value is -0.830. The van der Waals surface area contributed by atoms with Crippen LogP contribution in [0, 0.1) is 5.92 Å². The zero-order valence-corrected chi connectivity index (χ0v) is 7.65. The Morgan fingerprint density at radius 2 is 2.23 bits per heavy atom. The first-order valence-corrected chi connectivity index (χ1v) is 4.76. The van der Waals surface area contributed by atoms with Crippen LogP contribution in [0.2, 0.25) is 0 Å². The van der Waals surface area contributed by atoms with E-state index in [-0.39, 0.29) is 12.3 Å². The van der Waals surface area contributed by atoms with Gasteiger partial charge in [0.05, 0.1) is 12.5 Å². The predicted molar refractivity (Wildman–Crippen MR) is 49.4 cm³/mol. The van der Waals surface area contributed by atoms with E-state index in [1.165, 1.54) is 0 Å². The zero-order valence-electron chi connectivity index (χ0n) is 7.65. The number of aliphatic hydroxyl groups is 1. The Kier molecular flexibility index (Phi) is 3.96. The van der Waals surface area contributed by atoms with Crippen molar-refractivity contribution in [3.05, 3.63) is 12.2 Å². The number of aliphatic carboxylic acids is 1. The molecule has 74 valence electrons. The summed E-state index contributed by atoms with van der Waals surface area (Å²) in [6, 6.07) is 0. The van der Waals surface area contributed by atoms with Crippen LogP contribution in [0.1, 0.15) is 32.1 Å². The molecule has 0 spiro atoms. The second kappa shape index (κ2) is 5.02. The number of rotatable bonds is 2. The molecule has 0 bridgehead atoms. The maximum absolute atomic E-state index is 10.5. The molecular weight excluding hydrogens is 168 g/mol. The van der Waals surface area contributed by atoms with E-state index >= 15 is 0 Å². The number of hydrogen-bond acceptors (Lipinski definition) is 2. The van der Waals surface area contributed by atoms with E-state index < -0.39 is 12.1 Å². The van der Waals surface area contributed by atoms with Gasteiger partial charge in [0.1, 0.15) is 0 Å². The van der Waals surface area contributed by atoms with Gasteiger partial charge >= 0.3 is 5.97 Å². The van der Waals surface area contributed by atoms with Crippen LogP contribution in [0.25, 0.3) is 0 Å². The lowest BCUT2D eigenvalue weighted by atomic mass is 9.90. The number of aliphatic hydroxyl groups excluding tert-OH is 1. The molecule has 3 heteroatoms. The standard InChI is InChI=1S/C10H16O3/c11-9-6-4-2-1-3-5-8(9)7-10(12)13/h4,6,8-9,11H,1-3,5,7H2,(H,12,13)/b6-4+. The van der Waals surface area contributed by atoms with Gasteiger partial charge in [-0.15, -0.1) is 0 Å². The lowest BCUT2D eigenvalue weighted by Gasteiger charge is -2.20. The molecule has 1 aliphatic rings. The van der Waals surface area contributed by atoms with Crippen LogP contribution < -0.4 is 0 Å². The van der Waals surface area contributed by atoms with Gasteiger partial charge in [0, 0.05) is 0 Å². The molecule has 1 rings (SSSR count). The first-order chi connectivity index (χ1) is 6.20. The molecule has 0 amide bonds. The summed E-state index contributed by atoms with van der Waals surface area (Å²) in [4.78, 5) is 10.5. The van der Waals surface area contributed by atoms with Crippen molar-refractivity contribution in [1.82, 2.24) is 0 Å². The lowest BCUT2D eigenvalue weighted by Crippen LogP contribution is -2.22. The maximum atomic E-state index is 10.5. The Bertz CT molecular complexity index is 198. The molecule has 0 fully saturated rings. The van der Waals surface area contributed by atoms with Crippen LogP contribution in [0.15, 0.2) is 12.2 Å². The van der Waals surface area contributed by atoms with E-state index in [9.17, 15) is 9.90 Å². The van der Waals surface area contributed by atoms with E-state index in [4.69, 9.17) is 5.11 Å². The van der Waals surface area contributed by atoms with Gasteiger partial charge in [0.2, 0.25) is 0 Å². The van der Waals surface area contributed by atoms with Gasteiger partial charge in [-0.2, -0.15) is 0 Å². The SMILES string of the molecule is O=C(O)CC1CCCC/C=C/C1O. The maximum Gasteiger partial charge on any atom is 0.303 e. The Labute approximate surface area is 78.1 Å². The van der Waals surface area contributed by atoms with Crippen molar-refractivity contribution in [2.75, 3.05) is 0 Å². The highest BCUT2D eigenvalue weighted by molar-refractivity contribution is 5.67. The minimum absolute atomic E-state index is 0.0749. The molecule has 1 aliphatic carbocycles. The van der Waals surface area contributed by atoms with Crippen LogP contribution in [0.3, 0.4) is 0 Å². The summed E-state index contributed by atoms with van der Waals surface area (Å²) in [6.07, 6.45) is 7.10. The highest BCUT2D eigenvalue weighted by Crippen LogP contribution is 2.21. The number of carboxylic acids is 1. The first-order valence-electron chi connectivity index (χ1n) is 4.76. The Morgan fingerprint density at radius 1 is 1.46 bits per heavy atom. The number of hydrogen-bond donors (Lipinski definition) is 2. The minimum atomic E-state index is -0.821. The van der Waals surface area contributed by atoms with E-state index in [0.29, 0.717) is 0 Å². The third kappa shape index (κ3) is 3.59. The van der Waals surface area contributed by atoms with Crippen molar-refractivity contribution >= 4 is 5.97 Å². The molecule has 13 heavy (non-hydrogen) atoms. The van der Waals surface area contributed by atoms with Gasteiger partial charge in [-0.05, 0) is 25.2 Å². The van der Waals surface area contributed by atoms with E-state index in [1.807, 2.05) is 6.08 Å². The zero-order chi connectivity index (χ0) is 9.68. The topological polar surface area (TPSA) is 57.5 Å². The van der Waals surface area contributed by atoms with Crippen molar-refractivity contribution < 1.29 is 15.0 Å². The third-order valence-corrected chi connectivity index (χ3v) is 2.45. The number of carboxylic acid groups (broad SMARTS) is 1. The van der Waals surface area contributed by atoms with E-state index in [0.717, 1.165) is 25.7 Å². The first kappa shape index (κ1) is 10.3. The monoisotopic (exact) mass is 184 g/mol. The summed E-state index contributed by atoms with van der Waals surface area (Å²) in [5, 5.41) is 18.2. The smallest absolute Gasteiger partial charge is 0.303 e. The highest BCUT2D eigenvalue weighted by atomic mass is 16.4. The second-order valence-electron chi connectivity index (χ2n) is 3.56. The second-order valence-corrected chi connectivity index (χ2v) is 3.56. The fourth-order valence-electron chi connectivity index (χ4n) is 1.68. The Morgan fingerprint density at radius 3 is 2.92 bits per heavy atom. The van der Waals surface area contributed by atoms with Crippen LogP contribution in [0.4, 0.5) is 0 Å². The van der Waals surface area contributed by atoms with Crippen LogP contribution >= 0.6 is 0 Å². The average Bonchev–Trinajstić information content (AvgIpc) is 2.04. The number of allylic oxidation sites excluding steroid dienone is 1. The van der Waals surface area contributed by atoms with Gasteiger partial charge in [0.15, 0.2) is 0 Å². The molecule has 0 aliphatic heterocycles. The normalized spacial score (nSPS) is 31.8. The fraction of sp³-hybridized carbons (Fsp3) is 0.700. The summed E-state index contributed by atoms with van der Waals surface area (Å²) in [6.45, 7) is 0. The molecule has 0 aromatic heterocycles. The van der Waals surface area contributed by atoms with Gasteiger partial charge in [-0.25, -0.2) is 0 Å². The van der Waals surface area contributed by atoms with Crippen LogP contribution in [-0.2, 0) is 4.79 Å². The summed E-state index contributed by atoms with van der Waals surface area (Å²) >= 11 is 0. The molecule has 0 aromatic carbocycles. The molecule has 0 saturated heterocycles. The van der Waals surface area contributed by atoms with Crippen molar-refractivity contribution in [1.29, 1.82) is 0 Å². The van der Waals surface area contributed by atoms with Crippen LogP contribution in [0.5, 0.6) is 0 Å². The third-order valence-electron chi connectivity index (χ3n) is 2.45. The van der Waals surface area contributed by atoms with Crippen molar-refractivity contribution in [3.63, 3.8) is 0 Å². The molecule has 3 nitrogen and oxygen atoms in total. The largest absolute Gasteiger partial charge is 0.481 e. The van der Waals surface area contributed by atoms with Crippen molar-refractivity contribution in [2.24, 2.45) is 5.92 Å². The lowest BCUT2D eigenvalue weighted by molar-refractivity contribution is -0.139. The fourth-order valence-corrected chi connectivity index (χ4v) is 1.68. The van der Waals surface area contributed by atoms with E-state index in [1.54, 1.807) is 6.08 Å². The summed E-state index contributed by atoms with van der Waals surface area (Å²) in [7, 11) is 0. The summed E-state index contributed by atoms with van der Waals surface area (Å²) in [5.41, 5.74) is 0. The predicted octanol–water partition coefficient (Wildman–Crippen LogP) is 1.57. The number of carbonyl (C=O) groups is 1. The molecule has 2 atom stereocenters. The molecule has 2 N–H and O–H groups in total. The summed E-state index contributed by atoms with van der Waals surface area (Å²) in [5.74, 6) is -0.924. The van der Waals surface area contributed by atoms with Gasteiger partial charge in [-0.1, -0.05) is 18.6 Å². The van der Waals surface area contributed by atoms with Crippen molar-refractivity contribution in [3.8, 4) is 0 Å². The van der Waals surface area contributed by atoms with Crippen LogP contribution in [-0.4, -0.2) is 22.3 Å². The molecule has 0 saturated carbocycles. The van der Waals surface area contributed by atoms with Gasteiger partial charge < -0.3 is 10.2 Å². The van der Waals surface area contributed by atoms with E-state index in [2.05, 4.69) is 0 Å². The summed E-state index contributed by atoms with van der Waals surface area (Å²) < 4.78 is 0. The highest BCUT2D eigenvalue weighted by Gasteiger charge is 2.20. The van der Waals surface area contributed by atoms with Gasteiger partial charge in [-0.3, -0.25) is 4.79 Å². The Balaban J connectivity index is 2.52. The molecule has 0 aromatic rings. The van der Waals surface area contributed by atoms with Crippen molar-refractivity contribution in [2.45, 2.75) is 38.2 Å². The quantitative estimate of drug-likeness (QED) is 0.640.